The summed E-state index contributed by atoms with van der Waals surface area (Å²) in [4.78, 5) is 38.3. The van der Waals surface area contributed by atoms with Gasteiger partial charge in [-0.25, -0.2) is 0 Å². The van der Waals surface area contributed by atoms with Crippen molar-refractivity contribution in [2.24, 2.45) is 0 Å². The molecule has 1 saturated heterocycles. The first kappa shape index (κ1) is 19.0. The van der Waals surface area contributed by atoms with E-state index in [0.717, 1.165) is 19.3 Å². The molecule has 0 aliphatic carbocycles. The van der Waals surface area contributed by atoms with Crippen LogP contribution < -0.4 is 10.6 Å². The molecule has 1 fully saturated rings. The number of amides is 3. The van der Waals surface area contributed by atoms with Crippen LogP contribution in [-0.2, 0) is 9.59 Å². The van der Waals surface area contributed by atoms with E-state index in [1.165, 1.54) is 6.26 Å². The maximum atomic E-state index is 12.5. The zero-order valence-corrected chi connectivity index (χ0v) is 14.9. The van der Waals surface area contributed by atoms with Crippen molar-refractivity contribution >= 4 is 17.7 Å². The fraction of sp³-hybridized carbons (Fsp3) is 0.611. The molecule has 1 aliphatic rings. The van der Waals surface area contributed by atoms with Crippen molar-refractivity contribution in [3.8, 4) is 0 Å². The van der Waals surface area contributed by atoms with Gasteiger partial charge in [0.15, 0.2) is 5.76 Å². The van der Waals surface area contributed by atoms with Crippen LogP contribution in [0, 0.1) is 0 Å². The van der Waals surface area contributed by atoms with Crippen LogP contribution in [0.4, 0.5) is 0 Å². The Labute approximate surface area is 148 Å². The fourth-order valence-corrected chi connectivity index (χ4v) is 2.86. The van der Waals surface area contributed by atoms with Crippen molar-refractivity contribution in [3.05, 3.63) is 24.2 Å². The second-order valence-corrected chi connectivity index (χ2v) is 6.41. The Morgan fingerprint density at radius 2 is 2.16 bits per heavy atom. The predicted octanol–water partition coefficient (Wildman–Crippen LogP) is 1.70. The summed E-state index contributed by atoms with van der Waals surface area (Å²) in [7, 11) is 0. The van der Waals surface area contributed by atoms with Crippen molar-refractivity contribution in [2.45, 2.75) is 58.0 Å². The van der Waals surface area contributed by atoms with Gasteiger partial charge in [-0.2, -0.15) is 0 Å². The normalized spacial score (nSPS) is 18.5. The number of nitrogens with zero attached hydrogens (tertiary/aromatic N) is 1. The summed E-state index contributed by atoms with van der Waals surface area (Å²) in [6.45, 7) is 4.74. The van der Waals surface area contributed by atoms with E-state index in [1.54, 1.807) is 17.0 Å². The maximum absolute atomic E-state index is 12.5. The lowest BCUT2D eigenvalue weighted by molar-refractivity contribution is -0.127. The molecule has 0 aromatic carbocycles. The average Bonchev–Trinajstić information content (AvgIpc) is 3.15. The highest BCUT2D eigenvalue weighted by molar-refractivity contribution is 5.95. The smallest absolute Gasteiger partial charge is 0.290 e. The molecule has 2 atom stereocenters. The number of rotatable bonds is 7. The third-order valence-corrected chi connectivity index (χ3v) is 4.47. The summed E-state index contributed by atoms with van der Waals surface area (Å²) in [6, 6.07) is 2.87. The lowest BCUT2D eigenvalue weighted by Gasteiger charge is -2.34. The third-order valence-electron chi connectivity index (χ3n) is 4.47. The SMILES string of the molecule is CCC(C)NC(=O)CCNC(=O)C1CCCCN1C(=O)c1ccco1. The average molecular weight is 349 g/mol. The van der Waals surface area contributed by atoms with E-state index in [4.69, 9.17) is 4.42 Å². The van der Waals surface area contributed by atoms with Crippen LogP contribution in [0.2, 0.25) is 0 Å². The van der Waals surface area contributed by atoms with Crippen molar-refractivity contribution in [1.82, 2.24) is 15.5 Å². The van der Waals surface area contributed by atoms with E-state index in [9.17, 15) is 14.4 Å². The third kappa shape index (κ3) is 5.34. The number of hydrogen-bond donors (Lipinski definition) is 2. The largest absolute Gasteiger partial charge is 0.459 e. The molecule has 3 amide bonds. The van der Waals surface area contributed by atoms with Gasteiger partial charge in [0, 0.05) is 25.6 Å². The molecule has 2 heterocycles. The monoisotopic (exact) mass is 349 g/mol. The molecule has 1 aliphatic heterocycles. The molecule has 1 aromatic heterocycles. The number of nitrogens with one attached hydrogen (secondary N) is 2. The van der Waals surface area contributed by atoms with E-state index in [2.05, 4.69) is 10.6 Å². The minimum absolute atomic E-state index is 0.0817. The minimum atomic E-state index is -0.510. The minimum Gasteiger partial charge on any atom is -0.459 e. The molecule has 1 aromatic rings. The number of carbonyl (C=O) groups is 3. The molecule has 2 N–H and O–H groups in total. The van der Waals surface area contributed by atoms with Gasteiger partial charge in [-0.05, 0) is 44.7 Å². The van der Waals surface area contributed by atoms with E-state index in [0.29, 0.717) is 13.0 Å². The topological polar surface area (TPSA) is 91.7 Å². The Hall–Kier alpha value is -2.31. The Morgan fingerprint density at radius 3 is 2.84 bits per heavy atom. The van der Waals surface area contributed by atoms with Crippen LogP contribution >= 0.6 is 0 Å². The molecule has 0 bridgehead atoms. The van der Waals surface area contributed by atoms with Crippen molar-refractivity contribution in [2.75, 3.05) is 13.1 Å². The fourth-order valence-electron chi connectivity index (χ4n) is 2.86. The lowest BCUT2D eigenvalue weighted by atomic mass is 10.0. The molecule has 0 spiro atoms. The van der Waals surface area contributed by atoms with Crippen molar-refractivity contribution in [3.63, 3.8) is 0 Å². The molecule has 138 valence electrons. The van der Waals surface area contributed by atoms with Crippen molar-refractivity contribution < 1.29 is 18.8 Å². The Bertz CT molecular complexity index is 585. The predicted molar refractivity (Wildman–Crippen MR) is 92.9 cm³/mol. The van der Waals surface area contributed by atoms with Gasteiger partial charge < -0.3 is 20.0 Å². The summed E-state index contributed by atoms with van der Waals surface area (Å²) in [6.07, 6.45) is 4.93. The number of piperidine rings is 1. The summed E-state index contributed by atoms with van der Waals surface area (Å²) < 4.78 is 5.16. The summed E-state index contributed by atoms with van der Waals surface area (Å²) in [5.74, 6) is -0.315. The van der Waals surface area contributed by atoms with Gasteiger partial charge in [0.2, 0.25) is 11.8 Å². The van der Waals surface area contributed by atoms with Gasteiger partial charge >= 0.3 is 0 Å². The van der Waals surface area contributed by atoms with Gasteiger partial charge in [0.1, 0.15) is 6.04 Å². The summed E-state index contributed by atoms with van der Waals surface area (Å²) in [5.41, 5.74) is 0. The molecule has 7 nitrogen and oxygen atoms in total. The van der Waals surface area contributed by atoms with E-state index in [-0.39, 0.29) is 42.5 Å². The van der Waals surface area contributed by atoms with Crippen LogP contribution in [-0.4, -0.2) is 47.8 Å². The highest BCUT2D eigenvalue weighted by Crippen LogP contribution is 2.20. The van der Waals surface area contributed by atoms with Crippen LogP contribution in [0.25, 0.3) is 0 Å². The number of hydrogen-bond acceptors (Lipinski definition) is 4. The van der Waals surface area contributed by atoms with Crippen LogP contribution in [0.15, 0.2) is 22.8 Å². The van der Waals surface area contributed by atoms with E-state index < -0.39 is 6.04 Å². The summed E-state index contributed by atoms with van der Waals surface area (Å²) in [5, 5.41) is 5.64. The number of carbonyl (C=O) groups excluding carboxylic acids is 3. The molecule has 2 unspecified atom stereocenters. The standard InChI is InChI=1S/C18H27N3O4/c1-3-13(2)20-16(22)9-10-19-17(23)14-7-4-5-11-21(14)18(24)15-8-6-12-25-15/h6,8,12-14H,3-5,7,9-11H2,1-2H3,(H,19,23)(H,20,22). The molecule has 7 heteroatoms. The molecule has 0 saturated carbocycles. The second-order valence-electron chi connectivity index (χ2n) is 6.41. The Balaban J connectivity index is 1.86. The lowest BCUT2D eigenvalue weighted by Crippen LogP contribution is -2.52. The van der Waals surface area contributed by atoms with Gasteiger partial charge in [-0.3, -0.25) is 14.4 Å². The van der Waals surface area contributed by atoms with Crippen LogP contribution in [0.5, 0.6) is 0 Å². The molecular weight excluding hydrogens is 322 g/mol. The van der Waals surface area contributed by atoms with Crippen molar-refractivity contribution in [1.29, 1.82) is 0 Å². The van der Waals surface area contributed by atoms with E-state index in [1.807, 2.05) is 13.8 Å². The highest BCUT2D eigenvalue weighted by Gasteiger charge is 2.33. The Kier molecular flexibility index (Phi) is 7.03. The van der Waals surface area contributed by atoms with Gasteiger partial charge in [0.25, 0.3) is 5.91 Å². The Morgan fingerprint density at radius 1 is 1.36 bits per heavy atom. The van der Waals surface area contributed by atoms with Gasteiger partial charge in [-0.15, -0.1) is 0 Å². The molecular formula is C18H27N3O4. The highest BCUT2D eigenvalue weighted by atomic mass is 16.3. The quantitative estimate of drug-likeness (QED) is 0.784. The first-order valence-electron chi connectivity index (χ1n) is 8.94. The first-order valence-corrected chi connectivity index (χ1v) is 8.94. The second kappa shape index (κ2) is 9.25. The zero-order valence-electron chi connectivity index (χ0n) is 14.9. The van der Waals surface area contributed by atoms with E-state index >= 15 is 0 Å². The molecule has 2 rings (SSSR count). The molecule has 25 heavy (non-hydrogen) atoms. The van der Waals surface area contributed by atoms with Gasteiger partial charge in [0.05, 0.1) is 6.26 Å². The number of likely N-dealkylation sites (tertiary alicyclic amines) is 1. The summed E-state index contributed by atoms with van der Waals surface area (Å²) >= 11 is 0. The van der Waals surface area contributed by atoms with Gasteiger partial charge in [-0.1, -0.05) is 6.92 Å². The maximum Gasteiger partial charge on any atom is 0.290 e. The van der Waals surface area contributed by atoms with Crippen LogP contribution in [0.1, 0.15) is 56.5 Å². The van der Waals surface area contributed by atoms with Crippen LogP contribution in [0.3, 0.4) is 0 Å². The first-order chi connectivity index (χ1) is 12.0. The zero-order chi connectivity index (χ0) is 18.2. The number of furan rings is 1. The molecule has 0 radical (unpaired) electrons.